The zero-order valence-electron chi connectivity index (χ0n) is 14.6. The van der Waals surface area contributed by atoms with E-state index in [1.807, 2.05) is 48.2 Å². The first kappa shape index (κ1) is 16.5. The van der Waals surface area contributed by atoms with Crippen LogP contribution in [-0.4, -0.2) is 53.8 Å². The highest BCUT2D eigenvalue weighted by molar-refractivity contribution is 5.95. The van der Waals surface area contributed by atoms with Crippen molar-refractivity contribution in [1.29, 1.82) is 0 Å². The predicted octanol–water partition coefficient (Wildman–Crippen LogP) is 3.04. The Morgan fingerprint density at radius 2 is 2.08 bits per heavy atom. The summed E-state index contributed by atoms with van der Waals surface area (Å²) >= 11 is 0. The van der Waals surface area contributed by atoms with E-state index in [-0.39, 0.29) is 17.6 Å². The molecule has 5 heteroatoms. The van der Waals surface area contributed by atoms with Gasteiger partial charge in [-0.2, -0.15) is 0 Å². The molecule has 2 aliphatic heterocycles. The Labute approximate surface area is 147 Å². The molecule has 1 spiro atoms. The number of hydrogen-bond donors (Lipinski definition) is 0. The minimum Gasteiger partial charge on any atom is -0.376 e. The summed E-state index contributed by atoms with van der Waals surface area (Å²) in [6.07, 6.45) is 2.89. The molecule has 1 amide bonds. The first-order valence-corrected chi connectivity index (χ1v) is 9.10. The van der Waals surface area contributed by atoms with Crippen molar-refractivity contribution in [3.63, 3.8) is 0 Å². The molecule has 2 aromatic rings. The Balaban J connectivity index is 1.42. The third-order valence-corrected chi connectivity index (χ3v) is 5.36. The van der Waals surface area contributed by atoms with E-state index >= 15 is 0 Å². The van der Waals surface area contributed by atoms with Gasteiger partial charge in [-0.3, -0.25) is 4.79 Å². The van der Waals surface area contributed by atoms with Crippen LogP contribution in [0, 0.1) is 0 Å². The van der Waals surface area contributed by atoms with Gasteiger partial charge in [-0.1, -0.05) is 24.3 Å². The summed E-state index contributed by atoms with van der Waals surface area (Å²) in [6, 6.07) is 11.7. The van der Waals surface area contributed by atoms with Crippen molar-refractivity contribution in [3.8, 4) is 0 Å². The Morgan fingerprint density at radius 3 is 2.88 bits per heavy atom. The van der Waals surface area contributed by atoms with Crippen LogP contribution < -0.4 is 0 Å². The smallest absolute Gasteiger partial charge is 0.272 e. The molecule has 2 aliphatic rings. The van der Waals surface area contributed by atoms with E-state index in [2.05, 4.69) is 4.98 Å². The molecule has 0 radical (unpaired) electrons. The second-order valence-electron chi connectivity index (χ2n) is 6.96. The van der Waals surface area contributed by atoms with E-state index in [1.165, 1.54) is 0 Å². The average molecular weight is 340 g/mol. The monoisotopic (exact) mass is 340 g/mol. The van der Waals surface area contributed by atoms with Crippen LogP contribution in [0.25, 0.3) is 10.9 Å². The summed E-state index contributed by atoms with van der Waals surface area (Å²) in [7, 11) is 0. The molecule has 1 atom stereocenters. The molecule has 132 valence electrons. The van der Waals surface area contributed by atoms with Crippen LogP contribution in [0.5, 0.6) is 0 Å². The number of benzene rings is 1. The van der Waals surface area contributed by atoms with E-state index in [0.717, 1.165) is 36.8 Å². The fourth-order valence-electron chi connectivity index (χ4n) is 3.96. The zero-order valence-corrected chi connectivity index (χ0v) is 14.6. The molecular formula is C20H24N2O3. The summed E-state index contributed by atoms with van der Waals surface area (Å²) in [5.41, 5.74) is 1.28. The van der Waals surface area contributed by atoms with Crippen LogP contribution in [0.2, 0.25) is 0 Å². The lowest BCUT2D eigenvalue weighted by Crippen LogP contribution is -2.46. The van der Waals surface area contributed by atoms with Crippen LogP contribution in [0.1, 0.15) is 36.7 Å². The maximum atomic E-state index is 12.8. The number of para-hydroxylation sites is 1. The molecule has 1 unspecified atom stereocenters. The number of carbonyl (C=O) groups is 1. The quantitative estimate of drug-likeness (QED) is 0.862. The molecule has 1 aromatic heterocycles. The number of hydrogen-bond acceptors (Lipinski definition) is 4. The lowest BCUT2D eigenvalue weighted by atomic mass is 9.88. The van der Waals surface area contributed by atoms with E-state index in [0.29, 0.717) is 25.4 Å². The van der Waals surface area contributed by atoms with Gasteiger partial charge < -0.3 is 14.4 Å². The number of pyridine rings is 1. The van der Waals surface area contributed by atoms with Crippen molar-refractivity contribution < 1.29 is 14.3 Å². The summed E-state index contributed by atoms with van der Waals surface area (Å²) in [5, 5.41) is 1.05. The molecule has 0 bridgehead atoms. The SMILES string of the molecule is CCOC1COC2(CCN(C(=O)c3ccc4ccccc4n3)CC2)C1. The topological polar surface area (TPSA) is 51.7 Å². The molecule has 3 heterocycles. The van der Waals surface area contributed by atoms with E-state index in [4.69, 9.17) is 9.47 Å². The number of likely N-dealkylation sites (tertiary alicyclic amines) is 1. The van der Waals surface area contributed by atoms with E-state index < -0.39 is 0 Å². The first-order valence-electron chi connectivity index (χ1n) is 9.10. The lowest BCUT2D eigenvalue weighted by molar-refractivity contribution is -0.0408. The van der Waals surface area contributed by atoms with Gasteiger partial charge in [-0.15, -0.1) is 0 Å². The molecule has 5 nitrogen and oxygen atoms in total. The average Bonchev–Trinajstić information content (AvgIpc) is 3.04. The van der Waals surface area contributed by atoms with Crippen LogP contribution in [0.4, 0.5) is 0 Å². The van der Waals surface area contributed by atoms with E-state index in [1.54, 1.807) is 0 Å². The van der Waals surface area contributed by atoms with Gasteiger partial charge in [0, 0.05) is 31.5 Å². The highest BCUT2D eigenvalue weighted by atomic mass is 16.6. The summed E-state index contributed by atoms with van der Waals surface area (Å²) in [5.74, 6) is 0.0139. The van der Waals surface area contributed by atoms with Crippen molar-refractivity contribution in [2.75, 3.05) is 26.3 Å². The Morgan fingerprint density at radius 1 is 1.28 bits per heavy atom. The number of aromatic nitrogens is 1. The Kier molecular flexibility index (Phi) is 4.44. The molecular weight excluding hydrogens is 316 g/mol. The summed E-state index contributed by atoms with van der Waals surface area (Å²) < 4.78 is 11.8. The van der Waals surface area contributed by atoms with Crippen LogP contribution >= 0.6 is 0 Å². The maximum absolute atomic E-state index is 12.8. The van der Waals surface area contributed by atoms with Crippen molar-refractivity contribution in [1.82, 2.24) is 9.88 Å². The van der Waals surface area contributed by atoms with Gasteiger partial charge in [-0.25, -0.2) is 4.98 Å². The molecule has 1 aromatic carbocycles. The van der Waals surface area contributed by atoms with Crippen molar-refractivity contribution in [2.24, 2.45) is 0 Å². The third kappa shape index (κ3) is 3.26. The number of fused-ring (bicyclic) bond motifs is 1. The van der Waals surface area contributed by atoms with Crippen LogP contribution in [0.3, 0.4) is 0 Å². The maximum Gasteiger partial charge on any atom is 0.272 e. The zero-order chi connectivity index (χ0) is 17.3. The number of piperidine rings is 1. The highest BCUT2D eigenvalue weighted by Crippen LogP contribution is 2.37. The summed E-state index contributed by atoms with van der Waals surface area (Å²) in [4.78, 5) is 19.2. The number of amides is 1. The van der Waals surface area contributed by atoms with Crippen molar-refractivity contribution >= 4 is 16.8 Å². The third-order valence-electron chi connectivity index (χ3n) is 5.36. The normalized spacial score (nSPS) is 22.6. The van der Waals surface area contributed by atoms with Gasteiger partial charge in [0.1, 0.15) is 5.69 Å². The van der Waals surface area contributed by atoms with Crippen molar-refractivity contribution in [3.05, 3.63) is 42.1 Å². The van der Waals surface area contributed by atoms with Gasteiger partial charge in [0.05, 0.1) is 23.8 Å². The molecule has 4 rings (SSSR count). The number of ether oxygens (including phenoxy) is 2. The molecule has 2 fully saturated rings. The fourth-order valence-corrected chi connectivity index (χ4v) is 3.96. The molecule has 2 saturated heterocycles. The van der Waals surface area contributed by atoms with Gasteiger partial charge in [0.15, 0.2) is 0 Å². The minimum atomic E-state index is -0.104. The Bertz CT molecular complexity index is 768. The fraction of sp³-hybridized carbons (Fsp3) is 0.500. The number of nitrogens with zero attached hydrogens (tertiary/aromatic N) is 2. The second-order valence-corrected chi connectivity index (χ2v) is 6.96. The minimum absolute atomic E-state index is 0.0139. The molecule has 0 aliphatic carbocycles. The Hall–Kier alpha value is -1.98. The van der Waals surface area contributed by atoms with Gasteiger partial charge in [0.2, 0.25) is 0 Å². The first-order chi connectivity index (χ1) is 12.2. The molecule has 25 heavy (non-hydrogen) atoms. The van der Waals surface area contributed by atoms with Gasteiger partial charge in [-0.05, 0) is 31.9 Å². The van der Waals surface area contributed by atoms with Crippen LogP contribution in [0.15, 0.2) is 36.4 Å². The summed E-state index contributed by atoms with van der Waals surface area (Å²) in [6.45, 7) is 4.84. The highest BCUT2D eigenvalue weighted by Gasteiger charge is 2.43. The van der Waals surface area contributed by atoms with Crippen LogP contribution in [-0.2, 0) is 9.47 Å². The van der Waals surface area contributed by atoms with Gasteiger partial charge >= 0.3 is 0 Å². The predicted molar refractivity (Wildman–Crippen MR) is 95.6 cm³/mol. The number of carbonyl (C=O) groups excluding carboxylic acids is 1. The second kappa shape index (κ2) is 6.73. The molecule has 0 N–H and O–H groups in total. The lowest BCUT2D eigenvalue weighted by Gasteiger charge is -2.38. The van der Waals surface area contributed by atoms with E-state index in [9.17, 15) is 4.79 Å². The standard InChI is InChI=1S/C20H24N2O3/c1-2-24-16-13-20(25-14-16)9-11-22(12-10-20)19(23)18-8-7-15-5-3-4-6-17(15)21-18/h3-8,16H,2,9-14H2,1H3. The number of rotatable bonds is 3. The van der Waals surface area contributed by atoms with Gasteiger partial charge in [0.25, 0.3) is 5.91 Å². The van der Waals surface area contributed by atoms with Crippen molar-refractivity contribution in [2.45, 2.75) is 37.9 Å². The largest absolute Gasteiger partial charge is 0.376 e. The molecule has 0 saturated carbocycles.